The molecule has 2 atom stereocenters. The lowest BCUT2D eigenvalue weighted by Crippen LogP contribution is -2.17. The fourth-order valence-corrected chi connectivity index (χ4v) is 3.66. The molecule has 1 aliphatic carbocycles. The molecule has 0 spiro atoms. The number of nitrogens with zero attached hydrogens (tertiary/aromatic N) is 6. The lowest BCUT2D eigenvalue weighted by Gasteiger charge is -2.12. The van der Waals surface area contributed by atoms with E-state index in [-0.39, 0.29) is 12.0 Å². The van der Waals surface area contributed by atoms with Crippen LogP contribution < -0.4 is 15.8 Å². The molecule has 0 amide bonds. The third-order valence-electron chi connectivity index (χ3n) is 5.12. The maximum Gasteiger partial charge on any atom is 0.438 e. The molecular weight excluding hydrogens is 376 g/mol. The molecule has 5 rings (SSSR count). The van der Waals surface area contributed by atoms with Crippen LogP contribution in [0.1, 0.15) is 31.0 Å². The number of hydrogen-bond acceptors (Lipinski definition) is 9. The van der Waals surface area contributed by atoms with Crippen LogP contribution >= 0.6 is 0 Å². The van der Waals surface area contributed by atoms with E-state index in [9.17, 15) is 4.79 Å². The van der Waals surface area contributed by atoms with Crippen LogP contribution in [0.3, 0.4) is 0 Å². The number of rotatable bonds is 5. The van der Waals surface area contributed by atoms with Crippen LogP contribution in [-0.2, 0) is 0 Å². The van der Waals surface area contributed by atoms with Gasteiger partial charge in [0.25, 0.3) is 0 Å². The van der Waals surface area contributed by atoms with Gasteiger partial charge in [0.05, 0.1) is 19.0 Å². The Balaban J connectivity index is 1.36. The van der Waals surface area contributed by atoms with Crippen LogP contribution in [0.4, 0.5) is 5.95 Å². The molecule has 3 aromatic heterocycles. The first-order valence-electron chi connectivity index (χ1n) is 9.25. The minimum atomic E-state index is -0.524. The number of benzene rings is 1. The lowest BCUT2D eigenvalue weighted by molar-refractivity contribution is 0.377. The van der Waals surface area contributed by atoms with Crippen molar-refractivity contribution in [2.45, 2.75) is 31.2 Å². The molecule has 11 heteroatoms. The van der Waals surface area contributed by atoms with Gasteiger partial charge in [0.15, 0.2) is 17.0 Å². The highest BCUT2D eigenvalue weighted by molar-refractivity contribution is 5.72. The van der Waals surface area contributed by atoms with Gasteiger partial charge in [-0.15, -0.1) is 5.10 Å². The molecule has 11 nitrogen and oxygen atoms in total. The van der Waals surface area contributed by atoms with Gasteiger partial charge in [-0.25, -0.2) is 9.78 Å². The van der Waals surface area contributed by atoms with Crippen molar-refractivity contribution in [1.82, 2.24) is 35.1 Å². The Kier molecular flexibility index (Phi) is 4.19. The van der Waals surface area contributed by atoms with Crippen molar-refractivity contribution in [3.8, 4) is 11.4 Å². The van der Waals surface area contributed by atoms with Crippen LogP contribution in [0.5, 0.6) is 5.75 Å². The minimum absolute atomic E-state index is 0.147. The maximum absolute atomic E-state index is 11.2. The zero-order valence-electron chi connectivity index (χ0n) is 15.6. The molecule has 1 fully saturated rings. The largest absolute Gasteiger partial charge is 0.497 e. The average molecular weight is 394 g/mol. The second-order valence-electron chi connectivity index (χ2n) is 6.93. The zero-order chi connectivity index (χ0) is 19.8. The summed E-state index contributed by atoms with van der Waals surface area (Å²) < 4.78 is 11.5. The van der Waals surface area contributed by atoms with Gasteiger partial charge in [0.1, 0.15) is 5.75 Å². The van der Waals surface area contributed by atoms with Gasteiger partial charge in [-0.3, -0.25) is 9.51 Å². The molecule has 2 unspecified atom stereocenters. The zero-order valence-corrected chi connectivity index (χ0v) is 15.6. The topological polar surface area (TPSA) is 137 Å². The standard InChI is InChI=1S/C18H18N8O3/c1-28-13-6-4-12(5-7-13)26-16-14(23-25-26)9-19-17(22-16)20-11-3-2-10(8-11)15-21-18(27)29-24-15/h4-7,9-11H,2-3,8H2,1H3,(H,19,20,22)(H,21,24,27). The quantitative estimate of drug-likeness (QED) is 0.517. The summed E-state index contributed by atoms with van der Waals surface area (Å²) >= 11 is 0. The fourth-order valence-electron chi connectivity index (χ4n) is 3.66. The van der Waals surface area contributed by atoms with Crippen molar-refractivity contribution in [2.75, 3.05) is 12.4 Å². The third-order valence-corrected chi connectivity index (χ3v) is 5.12. The van der Waals surface area contributed by atoms with E-state index in [1.54, 1.807) is 18.0 Å². The summed E-state index contributed by atoms with van der Waals surface area (Å²) in [5.41, 5.74) is 2.05. The van der Waals surface area contributed by atoms with Crippen molar-refractivity contribution in [1.29, 1.82) is 0 Å². The highest BCUT2D eigenvalue weighted by Crippen LogP contribution is 2.33. The van der Waals surface area contributed by atoms with Crippen molar-refractivity contribution in [2.24, 2.45) is 0 Å². The van der Waals surface area contributed by atoms with E-state index >= 15 is 0 Å². The SMILES string of the molecule is COc1ccc(-n2nnc3cnc(NC4CCC(c5noc(=O)[nH]5)C4)nc32)cc1. The smallest absolute Gasteiger partial charge is 0.438 e. The predicted octanol–water partition coefficient (Wildman–Crippen LogP) is 1.64. The number of methoxy groups -OCH3 is 1. The first kappa shape index (κ1) is 17.3. The van der Waals surface area contributed by atoms with E-state index in [0.29, 0.717) is 22.9 Å². The normalized spacial score (nSPS) is 18.9. The van der Waals surface area contributed by atoms with Crippen LogP contribution in [0.25, 0.3) is 16.9 Å². The molecule has 1 saturated carbocycles. The summed E-state index contributed by atoms with van der Waals surface area (Å²) in [4.78, 5) is 22.8. The van der Waals surface area contributed by atoms with Crippen molar-refractivity contribution in [3.63, 3.8) is 0 Å². The minimum Gasteiger partial charge on any atom is -0.497 e. The van der Waals surface area contributed by atoms with E-state index in [1.807, 2.05) is 24.3 Å². The van der Waals surface area contributed by atoms with E-state index in [1.165, 1.54) is 0 Å². The van der Waals surface area contributed by atoms with Crippen LogP contribution in [-0.4, -0.2) is 48.3 Å². The summed E-state index contributed by atoms with van der Waals surface area (Å²) in [5.74, 6) is 1.49. The lowest BCUT2D eigenvalue weighted by atomic mass is 10.1. The summed E-state index contributed by atoms with van der Waals surface area (Å²) in [5, 5.41) is 15.5. The first-order chi connectivity index (χ1) is 14.2. The maximum atomic E-state index is 11.2. The van der Waals surface area contributed by atoms with Crippen molar-refractivity contribution >= 4 is 17.1 Å². The molecule has 1 aliphatic rings. The number of anilines is 1. The van der Waals surface area contributed by atoms with Gasteiger partial charge < -0.3 is 10.1 Å². The first-order valence-corrected chi connectivity index (χ1v) is 9.25. The number of hydrogen-bond donors (Lipinski definition) is 2. The average Bonchev–Trinajstić information content (AvgIpc) is 3.47. The van der Waals surface area contributed by atoms with Crippen molar-refractivity contribution in [3.05, 3.63) is 46.8 Å². The molecule has 4 aromatic rings. The van der Waals surface area contributed by atoms with Gasteiger partial charge in [-0.2, -0.15) is 9.67 Å². The van der Waals surface area contributed by atoms with Crippen molar-refractivity contribution < 1.29 is 9.26 Å². The molecule has 0 saturated heterocycles. The van der Waals surface area contributed by atoms with Gasteiger partial charge in [-0.1, -0.05) is 10.4 Å². The Morgan fingerprint density at radius 1 is 1.28 bits per heavy atom. The molecule has 0 bridgehead atoms. The number of aromatic amines is 1. The number of H-pyrrole nitrogens is 1. The highest BCUT2D eigenvalue weighted by atomic mass is 16.5. The molecule has 29 heavy (non-hydrogen) atoms. The van der Waals surface area contributed by atoms with Crippen LogP contribution in [0, 0.1) is 0 Å². The fraction of sp³-hybridized carbons (Fsp3) is 0.333. The number of fused-ring (bicyclic) bond motifs is 1. The summed E-state index contributed by atoms with van der Waals surface area (Å²) in [6, 6.07) is 7.67. The van der Waals surface area contributed by atoms with E-state index in [4.69, 9.17) is 4.74 Å². The van der Waals surface area contributed by atoms with Gasteiger partial charge in [-0.05, 0) is 43.5 Å². The number of ether oxygens (including phenoxy) is 1. The van der Waals surface area contributed by atoms with Crippen LogP contribution in [0.2, 0.25) is 0 Å². The Morgan fingerprint density at radius 2 is 2.14 bits per heavy atom. The van der Waals surface area contributed by atoms with Gasteiger partial charge >= 0.3 is 5.76 Å². The molecule has 0 radical (unpaired) electrons. The summed E-state index contributed by atoms with van der Waals surface area (Å²) in [7, 11) is 1.62. The van der Waals surface area contributed by atoms with E-state index in [0.717, 1.165) is 30.7 Å². The summed E-state index contributed by atoms with van der Waals surface area (Å²) in [6.45, 7) is 0. The Labute approximate surface area is 164 Å². The molecule has 3 heterocycles. The third kappa shape index (κ3) is 3.30. The molecule has 148 valence electrons. The Hall–Kier alpha value is -3.76. The summed E-state index contributed by atoms with van der Waals surface area (Å²) in [6.07, 6.45) is 4.27. The monoisotopic (exact) mass is 394 g/mol. The Bertz CT molecular complexity index is 1200. The van der Waals surface area contributed by atoms with Gasteiger partial charge in [0, 0.05) is 12.0 Å². The highest BCUT2D eigenvalue weighted by Gasteiger charge is 2.29. The second kappa shape index (κ2) is 7.00. The molecule has 0 aliphatic heterocycles. The van der Waals surface area contributed by atoms with E-state index in [2.05, 4.69) is 40.3 Å². The Morgan fingerprint density at radius 3 is 2.90 bits per heavy atom. The number of aromatic nitrogens is 7. The predicted molar refractivity (Wildman–Crippen MR) is 102 cm³/mol. The molecule has 1 aromatic carbocycles. The van der Waals surface area contributed by atoms with E-state index < -0.39 is 5.76 Å². The molecular formula is C18H18N8O3. The van der Waals surface area contributed by atoms with Crippen LogP contribution in [0.15, 0.2) is 39.8 Å². The second-order valence-corrected chi connectivity index (χ2v) is 6.93. The molecule has 2 N–H and O–H groups in total. The number of nitrogens with one attached hydrogen (secondary N) is 2. The van der Waals surface area contributed by atoms with Gasteiger partial charge in [0.2, 0.25) is 5.95 Å².